The molecule has 2 aromatic carbocycles. The molecule has 0 spiro atoms. The number of nitrogens with zero attached hydrogens (tertiary/aromatic N) is 2. The number of oxazole rings is 1. The predicted molar refractivity (Wildman–Crippen MR) is 98.8 cm³/mol. The number of ether oxygens (including phenoxy) is 1. The van der Waals surface area contributed by atoms with E-state index in [9.17, 15) is 4.79 Å². The lowest BCUT2D eigenvalue weighted by Crippen LogP contribution is -2.40. The molecule has 0 atom stereocenters. The first-order valence-electron chi connectivity index (χ1n) is 8.71. The van der Waals surface area contributed by atoms with Gasteiger partial charge in [-0.05, 0) is 19.1 Å². The van der Waals surface area contributed by atoms with Gasteiger partial charge in [0.05, 0.1) is 25.0 Å². The first kappa shape index (κ1) is 16.5. The summed E-state index contributed by atoms with van der Waals surface area (Å²) in [5, 5.41) is 0. The Hall–Kier alpha value is -2.92. The average molecular weight is 348 g/mol. The molecule has 0 unspecified atom stereocenters. The maximum absolute atomic E-state index is 12.9. The van der Waals surface area contributed by atoms with Gasteiger partial charge < -0.3 is 14.1 Å². The first-order valence-corrected chi connectivity index (χ1v) is 8.71. The fourth-order valence-electron chi connectivity index (χ4n) is 3.04. The third kappa shape index (κ3) is 3.26. The molecule has 132 valence electrons. The van der Waals surface area contributed by atoms with Gasteiger partial charge in [0.2, 0.25) is 5.89 Å². The Balaban J connectivity index is 1.66. The van der Waals surface area contributed by atoms with Crippen LogP contribution in [0, 0.1) is 6.92 Å². The largest absolute Gasteiger partial charge is 0.436 e. The smallest absolute Gasteiger partial charge is 0.254 e. The van der Waals surface area contributed by atoms with E-state index in [1.165, 1.54) is 5.56 Å². The summed E-state index contributed by atoms with van der Waals surface area (Å²) in [6.45, 7) is 4.40. The van der Waals surface area contributed by atoms with Gasteiger partial charge in [-0.15, -0.1) is 0 Å². The molecule has 0 bridgehead atoms. The third-order valence-corrected chi connectivity index (χ3v) is 4.53. The molecular weight excluding hydrogens is 328 g/mol. The van der Waals surface area contributed by atoms with Gasteiger partial charge in [-0.25, -0.2) is 4.98 Å². The second-order valence-corrected chi connectivity index (χ2v) is 6.35. The van der Waals surface area contributed by atoms with E-state index in [0.717, 1.165) is 5.56 Å². The van der Waals surface area contributed by atoms with Crippen LogP contribution < -0.4 is 0 Å². The third-order valence-electron chi connectivity index (χ3n) is 4.53. The van der Waals surface area contributed by atoms with Gasteiger partial charge >= 0.3 is 0 Å². The molecule has 1 aliphatic heterocycles. The molecule has 5 heteroatoms. The molecule has 0 aliphatic carbocycles. The second kappa shape index (κ2) is 7.14. The fraction of sp³-hybridized carbons (Fsp3) is 0.238. The van der Waals surface area contributed by atoms with Crippen LogP contribution in [0.1, 0.15) is 15.9 Å². The standard InChI is InChI=1S/C21H20N2O3/c1-15-6-8-16(9-7-15)19-14-22-20(26-19)17-4-2-3-5-18(17)21(24)23-10-12-25-13-11-23/h2-9,14H,10-13H2,1H3. The molecule has 26 heavy (non-hydrogen) atoms. The molecule has 0 N–H and O–H groups in total. The molecule has 3 aromatic rings. The Labute approximate surface area is 152 Å². The zero-order valence-electron chi connectivity index (χ0n) is 14.6. The van der Waals surface area contributed by atoms with Crippen molar-refractivity contribution in [3.63, 3.8) is 0 Å². The number of aromatic nitrogens is 1. The SMILES string of the molecule is Cc1ccc(-c2cnc(-c3ccccc3C(=O)N3CCOCC3)o2)cc1. The topological polar surface area (TPSA) is 55.6 Å². The highest BCUT2D eigenvalue weighted by molar-refractivity contribution is 6.00. The summed E-state index contributed by atoms with van der Waals surface area (Å²) < 4.78 is 11.3. The van der Waals surface area contributed by atoms with Crippen molar-refractivity contribution in [3.05, 3.63) is 65.9 Å². The first-order chi connectivity index (χ1) is 12.7. The van der Waals surface area contributed by atoms with Crippen molar-refractivity contribution in [3.8, 4) is 22.8 Å². The Morgan fingerprint density at radius 3 is 2.54 bits per heavy atom. The summed E-state index contributed by atoms with van der Waals surface area (Å²) in [6, 6.07) is 15.5. The molecule has 1 aliphatic rings. The van der Waals surface area contributed by atoms with E-state index in [1.807, 2.05) is 60.4 Å². The van der Waals surface area contributed by atoms with Crippen LogP contribution in [0.4, 0.5) is 0 Å². The maximum Gasteiger partial charge on any atom is 0.254 e. The van der Waals surface area contributed by atoms with Crippen LogP contribution in [0.3, 0.4) is 0 Å². The molecule has 0 saturated carbocycles. The minimum absolute atomic E-state index is 0.0148. The van der Waals surface area contributed by atoms with Gasteiger partial charge in [0.15, 0.2) is 5.76 Å². The van der Waals surface area contributed by atoms with Gasteiger partial charge in [0, 0.05) is 24.2 Å². The van der Waals surface area contributed by atoms with Crippen molar-refractivity contribution >= 4 is 5.91 Å². The zero-order chi connectivity index (χ0) is 17.9. The lowest BCUT2D eigenvalue weighted by atomic mass is 10.1. The van der Waals surface area contributed by atoms with E-state index >= 15 is 0 Å². The summed E-state index contributed by atoms with van der Waals surface area (Å²) in [5.41, 5.74) is 3.47. The number of carbonyl (C=O) groups is 1. The van der Waals surface area contributed by atoms with Crippen molar-refractivity contribution in [1.82, 2.24) is 9.88 Å². The summed E-state index contributed by atoms with van der Waals surface area (Å²) >= 11 is 0. The van der Waals surface area contributed by atoms with Crippen LogP contribution in [0.2, 0.25) is 0 Å². The lowest BCUT2D eigenvalue weighted by molar-refractivity contribution is 0.0303. The molecule has 2 heterocycles. The van der Waals surface area contributed by atoms with Crippen LogP contribution in [-0.4, -0.2) is 42.1 Å². The maximum atomic E-state index is 12.9. The molecular formula is C21H20N2O3. The molecule has 1 amide bonds. The number of amides is 1. The van der Waals surface area contributed by atoms with Crippen LogP contribution in [-0.2, 0) is 4.74 Å². The van der Waals surface area contributed by atoms with E-state index in [1.54, 1.807) is 6.20 Å². The highest BCUT2D eigenvalue weighted by atomic mass is 16.5. The minimum atomic E-state index is -0.0148. The molecule has 1 saturated heterocycles. The summed E-state index contributed by atoms with van der Waals surface area (Å²) in [4.78, 5) is 19.1. The second-order valence-electron chi connectivity index (χ2n) is 6.35. The lowest BCUT2D eigenvalue weighted by Gasteiger charge is -2.27. The van der Waals surface area contributed by atoms with Gasteiger partial charge in [-0.1, -0.05) is 42.0 Å². The van der Waals surface area contributed by atoms with E-state index < -0.39 is 0 Å². The number of benzene rings is 2. The van der Waals surface area contributed by atoms with Gasteiger partial charge in [-0.2, -0.15) is 0 Å². The number of aryl methyl sites for hydroxylation is 1. The summed E-state index contributed by atoms with van der Waals surface area (Å²) in [7, 11) is 0. The van der Waals surface area contributed by atoms with Gasteiger partial charge in [0.25, 0.3) is 5.91 Å². The average Bonchev–Trinajstić information content (AvgIpc) is 3.19. The minimum Gasteiger partial charge on any atom is -0.436 e. The normalized spacial score (nSPS) is 14.4. The summed E-state index contributed by atoms with van der Waals surface area (Å²) in [5.74, 6) is 1.13. The van der Waals surface area contributed by atoms with Crippen molar-refractivity contribution < 1.29 is 13.9 Å². The molecule has 0 radical (unpaired) electrons. The van der Waals surface area contributed by atoms with Crippen molar-refractivity contribution in [2.24, 2.45) is 0 Å². The Kier molecular flexibility index (Phi) is 4.54. The predicted octanol–water partition coefficient (Wildman–Crippen LogP) is 3.79. The Bertz CT molecular complexity index is 909. The molecule has 5 nitrogen and oxygen atoms in total. The molecule has 4 rings (SSSR count). The van der Waals surface area contributed by atoms with E-state index in [-0.39, 0.29) is 5.91 Å². The van der Waals surface area contributed by atoms with Crippen LogP contribution in [0.15, 0.2) is 59.1 Å². The number of carbonyl (C=O) groups excluding carboxylic acids is 1. The monoisotopic (exact) mass is 348 g/mol. The van der Waals surface area contributed by atoms with E-state index in [4.69, 9.17) is 9.15 Å². The highest BCUT2D eigenvalue weighted by Crippen LogP contribution is 2.29. The fourth-order valence-corrected chi connectivity index (χ4v) is 3.04. The van der Waals surface area contributed by atoms with Crippen LogP contribution in [0.5, 0.6) is 0 Å². The van der Waals surface area contributed by atoms with E-state index in [2.05, 4.69) is 4.98 Å². The van der Waals surface area contributed by atoms with Gasteiger partial charge in [0.1, 0.15) is 0 Å². The van der Waals surface area contributed by atoms with Crippen molar-refractivity contribution in [2.45, 2.75) is 6.92 Å². The van der Waals surface area contributed by atoms with E-state index in [0.29, 0.717) is 49.1 Å². The molecule has 1 aromatic heterocycles. The number of morpholine rings is 1. The Morgan fingerprint density at radius 1 is 1.04 bits per heavy atom. The zero-order valence-corrected chi connectivity index (χ0v) is 14.6. The van der Waals surface area contributed by atoms with Crippen molar-refractivity contribution in [2.75, 3.05) is 26.3 Å². The summed E-state index contributed by atoms with van der Waals surface area (Å²) in [6.07, 6.45) is 1.70. The quantitative estimate of drug-likeness (QED) is 0.723. The van der Waals surface area contributed by atoms with Crippen molar-refractivity contribution in [1.29, 1.82) is 0 Å². The van der Waals surface area contributed by atoms with Crippen LogP contribution in [0.25, 0.3) is 22.8 Å². The Morgan fingerprint density at radius 2 is 1.77 bits per heavy atom. The number of hydrogen-bond acceptors (Lipinski definition) is 4. The van der Waals surface area contributed by atoms with Gasteiger partial charge in [-0.3, -0.25) is 4.79 Å². The highest BCUT2D eigenvalue weighted by Gasteiger charge is 2.23. The van der Waals surface area contributed by atoms with Crippen LogP contribution >= 0.6 is 0 Å². The molecule has 1 fully saturated rings. The number of hydrogen-bond donors (Lipinski definition) is 0. The number of rotatable bonds is 3.